The minimum Gasteiger partial charge on any atom is -0.356 e. The number of fused-ring (bicyclic) bond motifs is 1. The maximum Gasteiger partial charge on any atom is 0.240 e. The zero-order valence-corrected chi connectivity index (χ0v) is 15.7. The average molecular weight is 372 g/mol. The molecule has 138 valence electrons. The van der Waals surface area contributed by atoms with Gasteiger partial charge in [0.05, 0.1) is 10.8 Å². The molecule has 0 fully saturated rings. The van der Waals surface area contributed by atoms with Crippen LogP contribution in [0.2, 0.25) is 0 Å². The molecule has 2 aromatic carbocycles. The standard InChI is InChI=1S/C20H24N2O3S/c1-15-7-10-17(11-8-15)26(24,25)22-14-4-13-21-20(23)19-12-9-16-5-2-3-6-18(16)19/h2-3,5-8,10-11,19,22H,4,9,12-14H2,1H3,(H,21,23)/t19-/m0/s1. The highest BCUT2D eigenvalue weighted by Crippen LogP contribution is 2.32. The lowest BCUT2D eigenvalue weighted by atomic mass is 10.0. The molecular formula is C20H24N2O3S. The predicted octanol–water partition coefficient (Wildman–Crippen LogP) is 2.51. The molecule has 0 saturated carbocycles. The van der Waals surface area contributed by atoms with Gasteiger partial charge in [-0.1, -0.05) is 42.0 Å². The van der Waals surface area contributed by atoms with Gasteiger partial charge in [0.15, 0.2) is 0 Å². The van der Waals surface area contributed by atoms with Crippen molar-refractivity contribution in [1.29, 1.82) is 0 Å². The molecule has 0 bridgehead atoms. The second-order valence-corrected chi connectivity index (χ2v) is 8.41. The molecule has 0 spiro atoms. The van der Waals surface area contributed by atoms with Crippen LogP contribution in [0.4, 0.5) is 0 Å². The van der Waals surface area contributed by atoms with Gasteiger partial charge in [-0.2, -0.15) is 0 Å². The summed E-state index contributed by atoms with van der Waals surface area (Å²) < 4.78 is 27.0. The van der Waals surface area contributed by atoms with E-state index in [1.807, 2.05) is 25.1 Å². The first-order valence-corrected chi connectivity index (χ1v) is 10.4. The Labute approximate surface area is 154 Å². The third-order valence-corrected chi connectivity index (χ3v) is 6.20. The Balaban J connectivity index is 1.43. The highest BCUT2D eigenvalue weighted by atomic mass is 32.2. The maximum absolute atomic E-state index is 12.4. The van der Waals surface area contributed by atoms with Crippen LogP contribution in [0, 0.1) is 6.92 Å². The lowest BCUT2D eigenvalue weighted by Gasteiger charge is -2.12. The van der Waals surface area contributed by atoms with Gasteiger partial charge in [-0.15, -0.1) is 0 Å². The van der Waals surface area contributed by atoms with E-state index in [1.54, 1.807) is 24.3 Å². The lowest BCUT2D eigenvalue weighted by Crippen LogP contribution is -2.32. The molecule has 0 unspecified atom stereocenters. The van der Waals surface area contributed by atoms with Crippen LogP contribution in [-0.2, 0) is 21.2 Å². The molecule has 1 aliphatic rings. The van der Waals surface area contributed by atoms with Gasteiger partial charge >= 0.3 is 0 Å². The third kappa shape index (κ3) is 4.31. The Morgan fingerprint density at radius 2 is 1.81 bits per heavy atom. The van der Waals surface area contributed by atoms with Gasteiger partial charge in [-0.3, -0.25) is 4.79 Å². The van der Waals surface area contributed by atoms with Gasteiger partial charge in [-0.25, -0.2) is 13.1 Å². The van der Waals surface area contributed by atoms with Crippen molar-refractivity contribution in [3.63, 3.8) is 0 Å². The van der Waals surface area contributed by atoms with Crippen LogP contribution in [0.1, 0.15) is 35.4 Å². The molecule has 0 aliphatic heterocycles. The number of benzene rings is 2. The topological polar surface area (TPSA) is 75.3 Å². The van der Waals surface area contributed by atoms with E-state index in [2.05, 4.69) is 16.1 Å². The summed E-state index contributed by atoms with van der Waals surface area (Å²) in [5.41, 5.74) is 3.38. The van der Waals surface area contributed by atoms with E-state index < -0.39 is 10.0 Å². The predicted molar refractivity (Wildman–Crippen MR) is 101 cm³/mol. The van der Waals surface area contributed by atoms with Gasteiger partial charge in [-0.05, 0) is 49.4 Å². The van der Waals surface area contributed by atoms with Crippen molar-refractivity contribution in [1.82, 2.24) is 10.0 Å². The summed E-state index contributed by atoms with van der Waals surface area (Å²) in [7, 11) is -3.50. The van der Waals surface area contributed by atoms with Crippen molar-refractivity contribution in [3.05, 3.63) is 65.2 Å². The molecule has 2 aromatic rings. The minimum atomic E-state index is -3.50. The van der Waals surface area contributed by atoms with Crippen LogP contribution in [-0.4, -0.2) is 27.4 Å². The van der Waals surface area contributed by atoms with Gasteiger partial charge in [0.2, 0.25) is 15.9 Å². The van der Waals surface area contributed by atoms with Crippen LogP contribution in [0.3, 0.4) is 0 Å². The number of amides is 1. The van der Waals surface area contributed by atoms with Crippen LogP contribution in [0.5, 0.6) is 0 Å². The molecule has 26 heavy (non-hydrogen) atoms. The fourth-order valence-corrected chi connectivity index (χ4v) is 4.33. The normalized spacial score (nSPS) is 16.3. The van der Waals surface area contributed by atoms with Crippen molar-refractivity contribution in [2.24, 2.45) is 0 Å². The van der Waals surface area contributed by atoms with Crippen molar-refractivity contribution in [2.45, 2.75) is 37.0 Å². The van der Waals surface area contributed by atoms with E-state index in [9.17, 15) is 13.2 Å². The van der Waals surface area contributed by atoms with E-state index in [0.717, 1.165) is 24.0 Å². The van der Waals surface area contributed by atoms with E-state index in [1.165, 1.54) is 5.56 Å². The molecule has 0 radical (unpaired) electrons. The fourth-order valence-electron chi connectivity index (χ4n) is 3.26. The molecule has 2 N–H and O–H groups in total. The highest BCUT2D eigenvalue weighted by molar-refractivity contribution is 7.89. The molecule has 1 aliphatic carbocycles. The molecule has 6 heteroatoms. The number of carbonyl (C=O) groups excluding carboxylic acids is 1. The van der Waals surface area contributed by atoms with Crippen LogP contribution in [0.25, 0.3) is 0 Å². The van der Waals surface area contributed by atoms with Crippen molar-refractivity contribution >= 4 is 15.9 Å². The summed E-state index contributed by atoms with van der Waals surface area (Å²) in [4.78, 5) is 12.6. The van der Waals surface area contributed by atoms with E-state index >= 15 is 0 Å². The first-order valence-electron chi connectivity index (χ1n) is 8.89. The quantitative estimate of drug-likeness (QED) is 0.734. The number of rotatable bonds is 7. The van der Waals surface area contributed by atoms with E-state index in [-0.39, 0.29) is 23.3 Å². The Hall–Kier alpha value is -2.18. The molecule has 0 aromatic heterocycles. The molecule has 0 heterocycles. The Kier molecular flexibility index (Phi) is 5.74. The smallest absolute Gasteiger partial charge is 0.240 e. The average Bonchev–Trinajstić information content (AvgIpc) is 3.06. The summed E-state index contributed by atoms with van der Waals surface area (Å²) in [5, 5.41) is 2.93. The molecule has 0 saturated heterocycles. The second kappa shape index (κ2) is 8.01. The number of nitrogens with one attached hydrogen (secondary N) is 2. The summed E-state index contributed by atoms with van der Waals surface area (Å²) in [6, 6.07) is 14.8. The zero-order valence-electron chi connectivity index (χ0n) is 14.9. The van der Waals surface area contributed by atoms with Crippen molar-refractivity contribution < 1.29 is 13.2 Å². The zero-order chi connectivity index (χ0) is 18.6. The highest BCUT2D eigenvalue weighted by Gasteiger charge is 2.27. The summed E-state index contributed by atoms with van der Waals surface area (Å²) in [5.74, 6) is -0.0632. The van der Waals surface area contributed by atoms with Crippen LogP contribution >= 0.6 is 0 Å². The first kappa shape index (κ1) is 18.6. The summed E-state index contributed by atoms with van der Waals surface area (Å²) >= 11 is 0. The van der Waals surface area contributed by atoms with Crippen LogP contribution < -0.4 is 10.0 Å². The molecule has 3 rings (SSSR count). The largest absolute Gasteiger partial charge is 0.356 e. The third-order valence-electron chi connectivity index (χ3n) is 4.73. The summed E-state index contributed by atoms with van der Waals surface area (Å²) in [6.45, 7) is 2.65. The Bertz CT molecular complexity index is 876. The van der Waals surface area contributed by atoms with Gasteiger partial charge in [0, 0.05) is 13.1 Å². The molecule has 5 nitrogen and oxygen atoms in total. The van der Waals surface area contributed by atoms with Gasteiger partial charge in [0.1, 0.15) is 0 Å². The lowest BCUT2D eigenvalue weighted by molar-refractivity contribution is -0.122. The fraction of sp³-hybridized carbons (Fsp3) is 0.350. The van der Waals surface area contributed by atoms with Gasteiger partial charge < -0.3 is 5.32 Å². The second-order valence-electron chi connectivity index (χ2n) is 6.65. The number of aryl methyl sites for hydroxylation is 2. The Morgan fingerprint density at radius 3 is 2.58 bits per heavy atom. The number of hydrogen-bond donors (Lipinski definition) is 2. The summed E-state index contributed by atoms with van der Waals surface area (Å²) in [6.07, 6.45) is 2.32. The van der Waals surface area contributed by atoms with E-state index in [4.69, 9.17) is 0 Å². The monoisotopic (exact) mass is 372 g/mol. The number of hydrogen-bond acceptors (Lipinski definition) is 3. The number of sulfonamides is 1. The van der Waals surface area contributed by atoms with Gasteiger partial charge in [0.25, 0.3) is 0 Å². The van der Waals surface area contributed by atoms with Crippen molar-refractivity contribution in [2.75, 3.05) is 13.1 Å². The first-order chi connectivity index (χ1) is 12.5. The minimum absolute atomic E-state index is 0.0244. The molecular weight excluding hydrogens is 348 g/mol. The van der Waals surface area contributed by atoms with E-state index in [0.29, 0.717) is 13.0 Å². The molecule has 1 atom stereocenters. The number of carbonyl (C=O) groups is 1. The Morgan fingerprint density at radius 1 is 1.08 bits per heavy atom. The van der Waals surface area contributed by atoms with Crippen molar-refractivity contribution in [3.8, 4) is 0 Å². The molecule has 1 amide bonds. The SMILES string of the molecule is Cc1ccc(S(=O)(=O)NCCCNC(=O)[C@H]2CCc3ccccc32)cc1. The van der Waals surface area contributed by atoms with Crippen LogP contribution in [0.15, 0.2) is 53.4 Å². The maximum atomic E-state index is 12.4.